The second kappa shape index (κ2) is 9.67. The number of fused-ring (bicyclic) bond motifs is 1. The fourth-order valence-corrected chi connectivity index (χ4v) is 4.09. The van der Waals surface area contributed by atoms with E-state index in [9.17, 15) is 15.0 Å². The first-order chi connectivity index (χ1) is 13.1. The van der Waals surface area contributed by atoms with Gasteiger partial charge in [-0.15, -0.1) is 0 Å². The Kier molecular flexibility index (Phi) is 7.50. The van der Waals surface area contributed by atoms with Crippen molar-refractivity contribution in [3.05, 3.63) is 71.9 Å². The molecule has 1 fully saturated rings. The second-order valence-electron chi connectivity index (χ2n) is 7.38. The van der Waals surface area contributed by atoms with Gasteiger partial charge in [0.2, 0.25) is 0 Å². The molecule has 0 amide bonds. The summed E-state index contributed by atoms with van der Waals surface area (Å²) in [5, 5.41) is 22.2. The van der Waals surface area contributed by atoms with Crippen molar-refractivity contribution < 1.29 is 66.4 Å². The molecule has 0 bridgehead atoms. The van der Waals surface area contributed by atoms with Crippen LogP contribution in [0, 0.1) is 5.92 Å². The third kappa shape index (κ3) is 4.94. The number of hydrogen-bond acceptors (Lipinski definition) is 4. The molecular weight excluding hydrogens is 379 g/mol. The summed E-state index contributed by atoms with van der Waals surface area (Å²) in [5.41, 5.74) is 3.63. The number of carbonyl (C=O) groups is 1. The molecule has 1 saturated heterocycles. The van der Waals surface area contributed by atoms with Crippen LogP contribution in [0.3, 0.4) is 0 Å². The number of aliphatic hydroxyl groups is 1. The van der Waals surface area contributed by atoms with Gasteiger partial charge >= 0.3 is 51.4 Å². The SMILES string of the molecule is O=C([O-])C[C@@H]1CN(Cc2cn(Cc3ccccc3)c3ccccc23)C[C@H]1O.[K+]. The van der Waals surface area contributed by atoms with E-state index in [1.165, 1.54) is 22.0 Å². The Hall–Kier alpha value is -0.994. The number of carbonyl (C=O) groups excluding carboxylic acids is 1. The van der Waals surface area contributed by atoms with E-state index in [0.717, 1.165) is 6.54 Å². The predicted octanol–water partition coefficient (Wildman–Crippen LogP) is -1.37. The molecule has 1 N–H and O–H groups in total. The van der Waals surface area contributed by atoms with Gasteiger partial charge in [-0.05, 0) is 23.6 Å². The number of likely N-dealkylation sites (tertiary alicyclic amines) is 1. The summed E-state index contributed by atoms with van der Waals surface area (Å²) in [7, 11) is 0. The van der Waals surface area contributed by atoms with Gasteiger partial charge in [-0.25, -0.2) is 0 Å². The van der Waals surface area contributed by atoms with Gasteiger partial charge in [0.15, 0.2) is 0 Å². The van der Waals surface area contributed by atoms with Crippen molar-refractivity contribution in [3.8, 4) is 0 Å². The number of aliphatic carboxylic acids is 1. The van der Waals surface area contributed by atoms with Gasteiger partial charge in [-0.2, -0.15) is 0 Å². The van der Waals surface area contributed by atoms with Crippen LogP contribution in [0.25, 0.3) is 10.9 Å². The van der Waals surface area contributed by atoms with Crippen LogP contribution in [0.1, 0.15) is 17.5 Å². The van der Waals surface area contributed by atoms with Crippen LogP contribution in [-0.2, 0) is 17.9 Å². The van der Waals surface area contributed by atoms with Gasteiger partial charge < -0.3 is 19.6 Å². The van der Waals surface area contributed by atoms with Crippen molar-refractivity contribution >= 4 is 16.9 Å². The molecule has 1 aromatic heterocycles. The van der Waals surface area contributed by atoms with Crippen LogP contribution in [0.4, 0.5) is 0 Å². The van der Waals surface area contributed by atoms with Crippen LogP contribution < -0.4 is 56.5 Å². The smallest absolute Gasteiger partial charge is 0.550 e. The molecule has 3 aromatic rings. The fraction of sp³-hybridized carbons (Fsp3) is 0.318. The van der Waals surface area contributed by atoms with E-state index in [1.807, 2.05) is 30.3 Å². The number of para-hydroxylation sites is 1. The number of benzene rings is 2. The van der Waals surface area contributed by atoms with E-state index < -0.39 is 12.1 Å². The number of aliphatic hydroxyl groups excluding tert-OH is 1. The molecular formula is C22H23KN2O3. The number of β-amino-alcohol motifs (C(OH)–C–C–N with tert-alkyl or cyclic N) is 1. The Morgan fingerprint density at radius 3 is 2.50 bits per heavy atom. The van der Waals surface area contributed by atoms with Crippen molar-refractivity contribution in [2.24, 2.45) is 5.92 Å². The Morgan fingerprint density at radius 1 is 1.04 bits per heavy atom. The number of aromatic nitrogens is 1. The van der Waals surface area contributed by atoms with Crippen LogP contribution in [0.5, 0.6) is 0 Å². The van der Waals surface area contributed by atoms with E-state index in [0.29, 0.717) is 19.6 Å². The van der Waals surface area contributed by atoms with Crippen molar-refractivity contribution in [2.45, 2.75) is 25.6 Å². The number of carboxylic acids is 1. The summed E-state index contributed by atoms with van der Waals surface area (Å²) in [6.07, 6.45) is 1.48. The average Bonchev–Trinajstić information content (AvgIpc) is 3.16. The molecule has 2 atom stereocenters. The van der Waals surface area contributed by atoms with Crippen LogP contribution >= 0.6 is 0 Å². The minimum absolute atomic E-state index is 0. The number of carboxylic acid groups (broad SMARTS) is 1. The van der Waals surface area contributed by atoms with Gasteiger partial charge in [-0.1, -0.05) is 48.5 Å². The van der Waals surface area contributed by atoms with Gasteiger partial charge in [0.05, 0.1) is 6.10 Å². The molecule has 0 unspecified atom stereocenters. The van der Waals surface area contributed by atoms with E-state index in [1.54, 1.807) is 0 Å². The minimum Gasteiger partial charge on any atom is -0.550 e. The first-order valence-electron chi connectivity index (χ1n) is 9.31. The Labute approximate surface area is 207 Å². The van der Waals surface area contributed by atoms with Gasteiger partial charge in [-0.3, -0.25) is 4.90 Å². The Balaban J connectivity index is 0.00000225. The quantitative estimate of drug-likeness (QED) is 0.517. The zero-order valence-corrected chi connectivity index (χ0v) is 19.2. The predicted molar refractivity (Wildman–Crippen MR) is 102 cm³/mol. The zero-order chi connectivity index (χ0) is 18.8. The summed E-state index contributed by atoms with van der Waals surface area (Å²) in [6.45, 7) is 2.57. The van der Waals surface area contributed by atoms with Crippen LogP contribution in [0.2, 0.25) is 0 Å². The topological polar surface area (TPSA) is 68.5 Å². The second-order valence-corrected chi connectivity index (χ2v) is 7.38. The molecule has 1 aliphatic heterocycles. The van der Waals surface area contributed by atoms with Crippen LogP contribution in [0.15, 0.2) is 60.8 Å². The molecule has 5 nitrogen and oxygen atoms in total. The molecule has 0 spiro atoms. The number of rotatable bonds is 6. The molecule has 140 valence electrons. The first-order valence-corrected chi connectivity index (χ1v) is 9.31. The summed E-state index contributed by atoms with van der Waals surface area (Å²) < 4.78 is 2.26. The molecule has 2 heterocycles. The van der Waals surface area contributed by atoms with Crippen LogP contribution in [-0.4, -0.2) is 39.7 Å². The van der Waals surface area contributed by atoms with E-state index in [-0.39, 0.29) is 63.7 Å². The van der Waals surface area contributed by atoms with Gasteiger partial charge in [0, 0.05) is 55.2 Å². The van der Waals surface area contributed by atoms with Gasteiger partial charge in [0.25, 0.3) is 0 Å². The third-order valence-corrected chi connectivity index (χ3v) is 5.37. The summed E-state index contributed by atoms with van der Waals surface area (Å²) in [4.78, 5) is 13.0. The van der Waals surface area contributed by atoms with Crippen molar-refractivity contribution in [1.29, 1.82) is 0 Å². The van der Waals surface area contributed by atoms with Crippen molar-refractivity contribution in [3.63, 3.8) is 0 Å². The van der Waals surface area contributed by atoms with Crippen molar-refractivity contribution in [1.82, 2.24) is 9.47 Å². The summed E-state index contributed by atoms with van der Waals surface area (Å²) in [6, 6.07) is 18.7. The number of nitrogens with zero attached hydrogens (tertiary/aromatic N) is 2. The van der Waals surface area contributed by atoms with Crippen molar-refractivity contribution in [2.75, 3.05) is 13.1 Å². The largest absolute Gasteiger partial charge is 1.00 e. The molecule has 0 saturated carbocycles. The molecule has 0 radical (unpaired) electrons. The zero-order valence-electron chi connectivity index (χ0n) is 16.1. The monoisotopic (exact) mass is 402 g/mol. The normalized spacial score (nSPS) is 19.6. The van der Waals surface area contributed by atoms with E-state index in [4.69, 9.17) is 0 Å². The minimum atomic E-state index is -1.10. The first kappa shape index (κ1) is 21.7. The average molecular weight is 403 g/mol. The standard InChI is InChI=1S/C22H24N2O3.K/c25-21-15-23(12-17(21)10-22(26)27)13-18-14-24(11-16-6-2-1-3-7-16)20-9-5-4-8-19(18)20;/h1-9,14,17,21,25H,10-13,15H2,(H,26,27);/q;+1/p-1/t17-,21-;/m1./s1. The van der Waals surface area contributed by atoms with Gasteiger partial charge in [0.1, 0.15) is 0 Å². The van der Waals surface area contributed by atoms with E-state index >= 15 is 0 Å². The Bertz CT molecular complexity index is 941. The molecule has 0 aliphatic carbocycles. The summed E-state index contributed by atoms with van der Waals surface area (Å²) in [5.74, 6) is -1.35. The molecule has 4 rings (SSSR count). The molecule has 2 aromatic carbocycles. The number of hydrogen-bond donors (Lipinski definition) is 1. The van der Waals surface area contributed by atoms with E-state index in [2.05, 4.69) is 39.9 Å². The Morgan fingerprint density at radius 2 is 1.75 bits per heavy atom. The maximum Gasteiger partial charge on any atom is 1.00 e. The summed E-state index contributed by atoms with van der Waals surface area (Å²) >= 11 is 0. The molecule has 6 heteroatoms. The third-order valence-electron chi connectivity index (χ3n) is 5.37. The molecule has 28 heavy (non-hydrogen) atoms. The fourth-order valence-electron chi connectivity index (χ4n) is 4.09. The maximum atomic E-state index is 10.9. The maximum absolute atomic E-state index is 10.9. The molecule has 1 aliphatic rings.